The fourth-order valence-electron chi connectivity index (χ4n) is 2.38. The molecule has 0 saturated carbocycles. The maximum atomic E-state index is 13.0. The molecule has 0 heterocycles. The third-order valence-corrected chi connectivity index (χ3v) is 5.20. The minimum atomic E-state index is -3.16. The molecule has 0 saturated heterocycles. The van der Waals surface area contributed by atoms with Gasteiger partial charge in [0.05, 0.1) is 18.4 Å². The largest absolute Gasteiger partial charge is 0.335 e. The van der Waals surface area contributed by atoms with E-state index < -0.39 is 7.60 Å². The van der Waals surface area contributed by atoms with Gasteiger partial charge in [0.2, 0.25) is 0 Å². The van der Waals surface area contributed by atoms with Crippen LogP contribution in [-0.4, -0.2) is 12.2 Å². The molecule has 21 heavy (non-hydrogen) atoms. The average molecular weight is 306 g/mol. The van der Waals surface area contributed by atoms with Gasteiger partial charge in [-0.15, -0.1) is 0 Å². The van der Waals surface area contributed by atoms with Crippen LogP contribution in [0.5, 0.6) is 0 Å². The van der Waals surface area contributed by atoms with E-state index in [1.165, 1.54) is 0 Å². The molecule has 0 aliphatic rings. The van der Waals surface area contributed by atoms with Gasteiger partial charge < -0.3 is 9.05 Å². The molecule has 0 aromatic heterocycles. The van der Waals surface area contributed by atoms with E-state index in [0.717, 1.165) is 16.3 Å². The molecule has 0 aliphatic heterocycles. The fourth-order valence-corrected chi connectivity index (χ4v) is 4.56. The Kier molecular flexibility index (Phi) is 5.21. The van der Waals surface area contributed by atoms with Crippen molar-refractivity contribution in [3.63, 3.8) is 0 Å². The summed E-state index contributed by atoms with van der Waals surface area (Å²) in [5, 5.41) is 2.23. The number of benzene rings is 2. The Morgan fingerprint density at radius 1 is 0.905 bits per heavy atom. The summed E-state index contributed by atoms with van der Waals surface area (Å²) in [6, 6.07) is 14.1. The van der Waals surface area contributed by atoms with Crippen molar-refractivity contribution in [2.24, 2.45) is 0 Å². The number of hydrogen-bond donors (Lipinski definition) is 0. The highest BCUT2D eigenvalue weighted by molar-refractivity contribution is 7.53. The Morgan fingerprint density at radius 2 is 1.48 bits per heavy atom. The molecule has 0 amide bonds. The summed E-state index contributed by atoms with van der Waals surface area (Å²) in [7, 11) is -3.16. The summed E-state index contributed by atoms with van der Waals surface area (Å²) in [6.45, 7) is 7.50. The highest BCUT2D eigenvalue weighted by Crippen LogP contribution is 2.54. The van der Waals surface area contributed by atoms with Gasteiger partial charge >= 0.3 is 7.60 Å². The molecule has 0 unspecified atom stereocenters. The first-order chi connectivity index (χ1) is 9.89. The number of rotatable bonds is 6. The Bertz CT molecular complexity index is 630. The van der Waals surface area contributed by atoms with Crippen LogP contribution in [0.4, 0.5) is 0 Å². The Morgan fingerprint density at radius 3 is 2.10 bits per heavy atom. The first-order valence-electron chi connectivity index (χ1n) is 7.32. The lowest BCUT2D eigenvalue weighted by Crippen LogP contribution is -2.09. The van der Waals surface area contributed by atoms with Crippen molar-refractivity contribution in [1.82, 2.24) is 0 Å². The molecule has 0 atom stereocenters. The van der Waals surface area contributed by atoms with Crippen LogP contribution in [0.25, 0.3) is 10.8 Å². The van der Waals surface area contributed by atoms with E-state index >= 15 is 0 Å². The standard InChI is InChI=1S/C17H23O3P/c1-13(2)19-21(18,20-14(3)4)12-16-10-7-9-15-8-5-6-11-17(15)16/h5-11,13-14H,12H2,1-4H3. The molecule has 0 bridgehead atoms. The van der Waals surface area contributed by atoms with Crippen molar-refractivity contribution in [1.29, 1.82) is 0 Å². The zero-order chi connectivity index (χ0) is 15.5. The Hall–Kier alpha value is -1.15. The molecule has 2 aromatic carbocycles. The summed E-state index contributed by atoms with van der Waals surface area (Å²) in [6.07, 6.45) is 0.0270. The minimum absolute atomic E-state index is 0.135. The molecule has 0 radical (unpaired) electrons. The van der Waals surface area contributed by atoms with Gasteiger partial charge in [-0.1, -0.05) is 42.5 Å². The third-order valence-electron chi connectivity index (χ3n) is 2.99. The normalized spacial score (nSPS) is 12.5. The lowest BCUT2D eigenvalue weighted by Gasteiger charge is -2.23. The van der Waals surface area contributed by atoms with Crippen LogP contribution in [0.3, 0.4) is 0 Å². The molecule has 114 valence electrons. The van der Waals surface area contributed by atoms with E-state index in [4.69, 9.17) is 9.05 Å². The molecule has 0 N–H and O–H groups in total. The van der Waals surface area contributed by atoms with Gasteiger partial charge in [0.25, 0.3) is 0 Å². The van der Waals surface area contributed by atoms with Crippen LogP contribution in [0, 0.1) is 0 Å². The molecular formula is C17H23O3P. The zero-order valence-electron chi connectivity index (χ0n) is 13.1. The van der Waals surface area contributed by atoms with Crippen LogP contribution in [0.1, 0.15) is 33.3 Å². The molecule has 4 heteroatoms. The average Bonchev–Trinajstić information content (AvgIpc) is 2.36. The van der Waals surface area contributed by atoms with Gasteiger partial charge in [0, 0.05) is 0 Å². The van der Waals surface area contributed by atoms with E-state index in [1.54, 1.807) is 0 Å². The van der Waals surface area contributed by atoms with Gasteiger partial charge in [0.1, 0.15) is 0 Å². The summed E-state index contributed by atoms with van der Waals surface area (Å²) < 4.78 is 24.3. The first kappa shape index (κ1) is 16.2. The molecule has 0 aliphatic carbocycles. The topological polar surface area (TPSA) is 35.5 Å². The van der Waals surface area contributed by atoms with Gasteiger partial charge in [-0.3, -0.25) is 4.57 Å². The van der Waals surface area contributed by atoms with Gasteiger partial charge in [-0.2, -0.15) is 0 Å². The van der Waals surface area contributed by atoms with Crippen molar-refractivity contribution in [2.45, 2.75) is 46.1 Å². The lowest BCUT2D eigenvalue weighted by atomic mass is 10.1. The number of fused-ring (bicyclic) bond motifs is 1. The van der Waals surface area contributed by atoms with E-state index in [9.17, 15) is 4.57 Å². The highest BCUT2D eigenvalue weighted by Gasteiger charge is 2.28. The molecule has 0 spiro atoms. The maximum absolute atomic E-state index is 13.0. The minimum Gasteiger partial charge on any atom is -0.306 e. The van der Waals surface area contributed by atoms with E-state index in [2.05, 4.69) is 12.1 Å². The van der Waals surface area contributed by atoms with Crippen LogP contribution in [0.2, 0.25) is 0 Å². The second-order valence-electron chi connectivity index (χ2n) is 5.72. The highest BCUT2D eigenvalue weighted by atomic mass is 31.2. The predicted octanol–water partition coefficient (Wildman–Crippen LogP) is 5.38. The van der Waals surface area contributed by atoms with Crippen molar-refractivity contribution < 1.29 is 13.6 Å². The smallest absolute Gasteiger partial charge is 0.306 e. The van der Waals surface area contributed by atoms with Gasteiger partial charge in [-0.25, -0.2) is 0 Å². The summed E-state index contributed by atoms with van der Waals surface area (Å²) >= 11 is 0. The van der Waals surface area contributed by atoms with Crippen molar-refractivity contribution in [3.8, 4) is 0 Å². The lowest BCUT2D eigenvalue weighted by molar-refractivity contribution is 0.141. The van der Waals surface area contributed by atoms with E-state index in [-0.39, 0.29) is 12.2 Å². The number of hydrogen-bond acceptors (Lipinski definition) is 3. The van der Waals surface area contributed by atoms with Crippen molar-refractivity contribution in [3.05, 3.63) is 48.0 Å². The molecule has 2 rings (SSSR count). The monoisotopic (exact) mass is 306 g/mol. The second kappa shape index (κ2) is 6.74. The summed E-state index contributed by atoms with van der Waals surface area (Å²) in [5.41, 5.74) is 0.998. The molecular weight excluding hydrogens is 283 g/mol. The molecule has 0 fully saturated rings. The molecule has 3 nitrogen and oxygen atoms in total. The van der Waals surface area contributed by atoms with Crippen LogP contribution < -0.4 is 0 Å². The summed E-state index contributed by atoms with van der Waals surface area (Å²) in [5.74, 6) is 0. The van der Waals surface area contributed by atoms with E-state index in [1.807, 2.05) is 58.0 Å². The van der Waals surface area contributed by atoms with Crippen molar-refractivity contribution in [2.75, 3.05) is 0 Å². The first-order valence-corrected chi connectivity index (χ1v) is 9.05. The fraction of sp³-hybridized carbons (Fsp3) is 0.412. The zero-order valence-corrected chi connectivity index (χ0v) is 14.0. The maximum Gasteiger partial charge on any atom is 0.335 e. The summed E-state index contributed by atoms with van der Waals surface area (Å²) in [4.78, 5) is 0. The Balaban J connectivity index is 2.36. The van der Waals surface area contributed by atoms with Crippen molar-refractivity contribution >= 4 is 18.4 Å². The van der Waals surface area contributed by atoms with E-state index in [0.29, 0.717) is 6.16 Å². The van der Waals surface area contributed by atoms with Gasteiger partial charge in [-0.05, 0) is 44.0 Å². The third kappa shape index (κ3) is 4.41. The van der Waals surface area contributed by atoms with Crippen LogP contribution in [-0.2, 0) is 19.8 Å². The van der Waals surface area contributed by atoms with Crippen LogP contribution in [0.15, 0.2) is 42.5 Å². The van der Waals surface area contributed by atoms with Gasteiger partial charge in [0.15, 0.2) is 0 Å². The molecule has 2 aromatic rings. The Labute approximate surface area is 126 Å². The second-order valence-corrected chi connectivity index (χ2v) is 7.68. The SMILES string of the molecule is CC(C)OP(=O)(Cc1cccc2ccccc12)OC(C)C. The quantitative estimate of drug-likeness (QED) is 0.672. The van der Waals surface area contributed by atoms with Crippen LogP contribution >= 0.6 is 7.60 Å². The predicted molar refractivity (Wildman–Crippen MR) is 87.7 cm³/mol.